The summed E-state index contributed by atoms with van der Waals surface area (Å²) in [5, 5.41) is 23.9. The minimum absolute atomic E-state index is 0.0144. The van der Waals surface area contributed by atoms with Crippen LogP contribution in [-0.2, 0) is 0 Å². The number of amides is 1. The number of rotatable bonds is 6. The number of hydrogen-bond acceptors (Lipinski definition) is 6. The molecule has 1 heterocycles. The average molecular weight is 429 g/mol. The fourth-order valence-corrected chi connectivity index (χ4v) is 3.34. The van der Waals surface area contributed by atoms with Crippen molar-refractivity contribution in [3.05, 3.63) is 88.1 Å². The second-order valence-electron chi connectivity index (χ2n) is 6.97. The van der Waals surface area contributed by atoms with Crippen molar-refractivity contribution in [1.29, 1.82) is 0 Å². The molecule has 0 aliphatic rings. The van der Waals surface area contributed by atoms with E-state index in [0.717, 1.165) is 16.3 Å². The highest BCUT2D eigenvalue weighted by molar-refractivity contribution is 6.02. The molecule has 0 atom stereocenters. The molecular weight excluding hydrogens is 410 g/mol. The van der Waals surface area contributed by atoms with Crippen LogP contribution in [0.4, 0.5) is 5.69 Å². The highest BCUT2D eigenvalue weighted by Gasteiger charge is 2.16. The molecule has 0 aliphatic heterocycles. The summed E-state index contributed by atoms with van der Waals surface area (Å²) in [6.45, 7) is 1.70. The fourth-order valence-electron chi connectivity index (χ4n) is 3.34. The van der Waals surface area contributed by atoms with Gasteiger partial charge in [-0.2, -0.15) is 10.2 Å². The molecule has 1 aromatic heterocycles. The third kappa shape index (κ3) is 4.04. The molecule has 0 radical (unpaired) electrons. The first-order valence-electron chi connectivity index (χ1n) is 9.69. The summed E-state index contributed by atoms with van der Waals surface area (Å²) >= 11 is 0. The van der Waals surface area contributed by atoms with Crippen LogP contribution in [0.3, 0.4) is 0 Å². The first-order valence-corrected chi connectivity index (χ1v) is 9.69. The Morgan fingerprint density at radius 3 is 2.59 bits per heavy atom. The Kier molecular flexibility index (Phi) is 5.63. The van der Waals surface area contributed by atoms with Crippen LogP contribution in [0.25, 0.3) is 22.0 Å². The molecule has 0 spiro atoms. The van der Waals surface area contributed by atoms with Gasteiger partial charge in [-0.25, -0.2) is 5.43 Å². The van der Waals surface area contributed by atoms with Crippen molar-refractivity contribution >= 4 is 28.1 Å². The van der Waals surface area contributed by atoms with Crippen LogP contribution in [0, 0.1) is 10.1 Å². The maximum Gasteiger partial charge on any atom is 0.289 e. The third-order valence-electron chi connectivity index (χ3n) is 5.01. The number of fused-ring (bicyclic) bond motifs is 1. The minimum atomic E-state index is -0.473. The van der Waals surface area contributed by atoms with Gasteiger partial charge in [0.05, 0.1) is 29.0 Å². The molecule has 2 N–H and O–H groups in total. The van der Waals surface area contributed by atoms with E-state index in [2.05, 4.69) is 20.7 Å². The van der Waals surface area contributed by atoms with E-state index >= 15 is 0 Å². The van der Waals surface area contributed by atoms with Crippen molar-refractivity contribution in [2.75, 3.05) is 7.11 Å². The summed E-state index contributed by atoms with van der Waals surface area (Å²) in [6.07, 6.45) is 0. The van der Waals surface area contributed by atoms with Crippen molar-refractivity contribution in [3.63, 3.8) is 0 Å². The van der Waals surface area contributed by atoms with Gasteiger partial charge in [0.1, 0.15) is 11.4 Å². The van der Waals surface area contributed by atoms with Gasteiger partial charge in [0, 0.05) is 12.1 Å². The molecule has 32 heavy (non-hydrogen) atoms. The minimum Gasteiger partial charge on any atom is -0.496 e. The Bertz CT molecular complexity index is 1340. The number of ether oxygens (including phenoxy) is 1. The largest absolute Gasteiger partial charge is 0.496 e. The maximum absolute atomic E-state index is 12.6. The third-order valence-corrected chi connectivity index (χ3v) is 5.01. The Labute approximate surface area is 182 Å². The van der Waals surface area contributed by atoms with Crippen LogP contribution in [-0.4, -0.2) is 33.8 Å². The van der Waals surface area contributed by atoms with Crippen molar-refractivity contribution in [2.24, 2.45) is 5.10 Å². The van der Waals surface area contributed by atoms with Gasteiger partial charge in [-0.05, 0) is 47.5 Å². The van der Waals surface area contributed by atoms with Gasteiger partial charge in [-0.3, -0.25) is 20.0 Å². The topological polar surface area (TPSA) is 123 Å². The summed E-state index contributed by atoms with van der Waals surface area (Å²) in [5.41, 5.74) is 5.21. The van der Waals surface area contributed by atoms with E-state index in [4.69, 9.17) is 4.74 Å². The predicted molar refractivity (Wildman–Crippen MR) is 121 cm³/mol. The molecule has 0 aliphatic carbocycles. The summed E-state index contributed by atoms with van der Waals surface area (Å²) in [7, 11) is 1.59. The zero-order valence-electron chi connectivity index (χ0n) is 17.3. The lowest BCUT2D eigenvalue weighted by molar-refractivity contribution is -0.384. The predicted octanol–water partition coefficient (Wildman–Crippen LogP) is 4.30. The first-order chi connectivity index (χ1) is 15.5. The lowest BCUT2D eigenvalue weighted by Gasteiger charge is -2.09. The number of carbonyl (C=O) groups is 1. The van der Waals surface area contributed by atoms with Gasteiger partial charge >= 0.3 is 0 Å². The van der Waals surface area contributed by atoms with Gasteiger partial charge in [0.25, 0.3) is 11.6 Å². The normalized spacial score (nSPS) is 11.4. The molecule has 0 bridgehead atoms. The standard InChI is InChI=1S/C23H19N5O4/c1-14(15-7-10-17(11-8-15)28(30)31)24-27-23(29)20-13-19(25-26-20)22-18-6-4-3-5-16(18)9-12-21(22)32-2/h3-13H,1-2H3,(H,25,26)(H,27,29)/b24-14+. The van der Waals surface area contributed by atoms with Crippen LogP contribution in [0.1, 0.15) is 23.0 Å². The number of nitrogens with one attached hydrogen (secondary N) is 2. The quantitative estimate of drug-likeness (QED) is 0.269. The zero-order chi connectivity index (χ0) is 22.7. The number of aromatic nitrogens is 2. The molecular formula is C23H19N5O4. The van der Waals surface area contributed by atoms with Crippen LogP contribution in [0.15, 0.2) is 71.8 Å². The van der Waals surface area contributed by atoms with Crippen LogP contribution in [0.5, 0.6) is 5.75 Å². The van der Waals surface area contributed by atoms with Gasteiger partial charge in [-0.1, -0.05) is 30.3 Å². The molecule has 9 heteroatoms. The van der Waals surface area contributed by atoms with Crippen molar-refractivity contribution in [2.45, 2.75) is 6.92 Å². The monoisotopic (exact) mass is 429 g/mol. The van der Waals surface area contributed by atoms with Gasteiger partial charge in [0.2, 0.25) is 0 Å². The number of benzene rings is 3. The van der Waals surface area contributed by atoms with Crippen LogP contribution in [0.2, 0.25) is 0 Å². The first kappa shape index (κ1) is 20.7. The number of hydrogen-bond donors (Lipinski definition) is 2. The van der Waals surface area contributed by atoms with Crippen LogP contribution < -0.4 is 10.2 Å². The number of non-ortho nitro benzene ring substituents is 1. The molecule has 0 fully saturated rings. The maximum atomic E-state index is 12.6. The molecule has 9 nitrogen and oxygen atoms in total. The molecule has 160 valence electrons. The summed E-state index contributed by atoms with van der Waals surface area (Å²) in [6, 6.07) is 19.2. The van der Waals surface area contributed by atoms with Gasteiger partial charge in [-0.15, -0.1) is 0 Å². The summed E-state index contributed by atoms with van der Waals surface area (Å²) < 4.78 is 5.51. The van der Waals surface area contributed by atoms with Crippen molar-refractivity contribution in [3.8, 4) is 17.0 Å². The van der Waals surface area contributed by atoms with E-state index in [1.165, 1.54) is 12.1 Å². The van der Waals surface area contributed by atoms with Crippen LogP contribution >= 0.6 is 0 Å². The van der Waals surface area contributed by atoms with E-state index < -0.39 is 10.8 Å². The second-order valence-corrected chi connectivity index (χ2v) is 6.97. The second kappa shape index (κ2) is 8.68. The Hall–Kier alpha value is -4.53. The SMILES string of the molecule is COc1ccc2ccccc2c1-c1cc(C(=O)N/N=C(\C)c2ccc([N+](=O)[O-])cc2)[nH]n1. The van der Waals surface area contributed by atoms with E-state index in [-0.39, 0.29) is 11.4 Å². The zero-order valence-corrected chi connectivity index (χ0v) is 17.3. The van der Waals surface area contributed by atoms with E-state index in [1.807, 2.05) is 36.4 Å². The number of nitro groups is 1. The van der Waals surface area contributed by atoms with E-state index in [9.17, 15) is 14.9 Å². The van der Waals surface area contributed by atoms with Gasteiger partial charge in [0.15, 0.2) is 0 Å². The number of H-pyrrole nitrogens is 1. The van der Waals surface area contributed by atoms with E-state index in [1.54, 1.807) is 32.2 Å². The highest BCUT2D eigenvalue weighted by Crippen LogP contribution is 2.36. The molecule has 0 unspecified atom stereocenters. The molecule has 3 aromatic carbocycles. The number of aromatic amines is 1. The molecule has 0 saturated heterocycles. The summed E-state index contributed by atoms with van der Waals surface area (Å²) in [5.74, 6) is 0.179. The Balaban J connectivity index is 1.57. The van der Waals surface area contributed by atoms with Crippen molar-refractivity contribution in [1.82, 2.24) is 15.6 Å². The molecule has 1 amide bonds. The van der Waals surface area contributed by atoms with Crippen molar-refractivity contribution < 1.29 is 14.5 Å². The summed E-state index contributed by atoms with van der Waals surface area (Å²) in [4.78, 5) is 22.9. The molecule has 4 rings (SSSR count). The lowest BCUT2D eigenvalue weighted by atomic mass is 10.0. The van der Waals surface area contributed by atoms with E-state index in [0.29, 0.717) is 22.7 Å². The number of carbonyl (C=O) groups excluding carboxylic acids is 1. The Morgan fingerprint density at radius 2 is 1.88 bits per heavy atom. The molecule has 0 saturated carbocycles. The molecule has 4 aromatic rings. The number of hydrazone groups is 1. The van der Waals surface area contributed by atoms with Gasteiger partial charge < -0.3 is 4.74 Å². The average Bonchev–Trinajstić information content (AvgIpc) is 3.31. The lowest BCUT2D eigenvalue weighted by Crippen LogP contribution is -2.19. The number of nitrogens with zero attached hydrogens (tertiary/aromatic N) is 3. The number of nitro benzene ring substituents is 1. The smallest absolute Gasteiger partial charge is 0.289 e. The Morgan fingerprint density at radius 1 is 1.12 bits per heavy atom. The highest BCUT2D eigenvalue weighted by atomic mass is 16.6. The number of methoxy groups -OCH3 is 1. The fraction of sp³-hybridized carbons (Fsp3) is 0.0870.